The second-order valence-electron chi connectivity index (χ2n) is 4.04. The monoisotopic (exact) mass is 257 g/mol. The zero-order valence-corrected chi connectivity index (χ0v) is 11.7. The van der Waals surface area contributed by atoms with Crippen LogP contribution in [0, 0.1) is 0 Å². The normalized spacial score (nSPS) is 14.8. The van der Waals surface area contributed by atoms with E-state index in [-0.39, 0.29) is 0 Å². The Balaban J connectivity index is 2.67. The SMILES string of the molecule is CCC(NC(C)CSC)c1cccc(Cl)c1. The third-order valence-corrected chi connectivity index (χ3v) is 3.63. The maximum absolute atomic E-state index is 6.01. The van der Waals surface area contributed by atoms with E-state index < -0.39 is 0 Å². The van der Waals surface area contributed by atoms with Gasteiger partial charge in [0.05, 0.1) is 0 Å². The minimum absolute atomic E-state index is 0.404. The Kier molecular flexibility index (Phi) is 6.25. The molecule has 1 nitrogen and oxygen atoms in total. The first-order chi connectivity index (χ1) is 7.67. The molecule has 0 spiro atoms. The van der Waals surface area contributed by atoms with Gasteiger partial charge in [0, 0.05) is 22.9 Å². The summed E-state index contributed by atoms with van der Waals surface area (Å²) in [6.45, 7) is 4.42. The molecule has 0 radical (unpaired) electrons. The fraction of sp³-hybridized carbons (Fsp3) is 0.538. The van der Waals surface area contributed by atoms with Crippen LogP contribution in [0.4, 0.5) is 0 Å². The van der Waals surface area contributed by atoms with Gasteiger partial charge >= 0.3 is 0 Å². The largest absolute Gasteiger partial charge is 0.307 e. The molecule has 3 heteroatoms. The van der Waals surface area contributed by atoms with Crippen molar-refractivity contribution in [1.82, 2.24) is 5.32 Å². The lowest BCUT2D eigenvalue weighted by Crippen LogP contribution is -2.32. The van der Waals surface area contributed by atoms with Crippen molar-refractivity contribution in [1.29, 1.82) is 0 Å². The third-order valence-electron chi connectivity index (χ3n) is 2.56. The van der Waals surface area contributed by atoms with E-state index in [1.165, 1.54) is 5.56 Å². The molecule has 0 saturated carbocycles. The van der Waals surface area contributed by atoms with Crippen LogP contribution >= 0.6 is 23.4 Å². The van der Waals surface area contributed by atoms with Crippen LogP contribution in [0.5, 0.6) is 0 Å². The van der Waals surface area contributed by atoms with Crippen LogP contribution in [0.2, 0.25) is 5.02 Å². The third kappa shape index (κ3) is 4.36. The molecule has 0 aliphatic rings. The molecule has 0 saturated heterocycles. The number of hydrogen-bond donors (Lipinski definition) is 1. The summed E-state index contributed by atoms with van der Waals surface area (Å²) in [6.07, 6.45) is 3.22. The predicted molar refractivity (Wildman–Crippen MR) is 75.5 cm³/mol. The topological polar surface area (TPSA) is 12.0 Å². The molecule has 2 atom stereocenters. The van der Waals surface area contributed by atoms with Gasteiger partial charge in [0.15, 0.2) is 0 Å². The molecule has 1 N–H and O–H groups in total. The Bertz CT molecular complexity index is 317. The highest BCUT2D eigenvalue weighted by Gasteiger charge is 2.12. The minimum atomic E-state index is 0.404. The average molecular weight is 258 g/mol. The van der Waals surface area contributed by atoms with Gasteiger partial charge in [0.1, 0.15) is 0 Å². The van der Waals surface area contributed by atoms with Crippen molar-refractivity contribution < 1.29 is 0 Å². The Labute approximate surface area is 108 Å². The second-order valence-corrected chi connectivity index (χ2v) is 5.39. The molecule has 0 fully saturated rings. The van der Waals surface area contributed by atoms with Gasteiger partial charge < -0.3 is 5.32 Å². The van der Waals surface area contributed by atoms with E-state index in [0.29, 0.717) is 12.1 Å². The summed E-state index contributed by atoms with van der Waals surface area (Å²) in [5.41, 5.74) is 1.28. The molecule has 0 amide bonds. The molecule has 1 rings (SSSR count). The summed E-state index contributed by atoms with van der Waals surface area (Å²) in [5.74, 6) is 1.14. The zero-order valence-electron chi connectivity index (χ0n) is 10.2. The van der Waals surface area contributed by atoms with E-state index in [4.69, 9.17) is 11.6 Å². The van der Waals surface area contributed by atoms with Gasteiger partial charge in [-0.25, -0.2) is 0 Å². The van der Waals surface area contributed by atoms with Gasteiger partial charge in [0.2, 0.25) is 0 Å². The molecule has 16 heavy (non-hydrogen) atoms. The summed E-state index contributed by atoms with van der Waals surface area (Å²) in [5, 5.41) is 4.45. The van der Waals surface area contributed by atoms with E-state index in [9.17, 15) is 0 Å². The molecule has 0 heterocycles. The van der Waals surface area contributed by atoms with E-state index in [2.05, 4.69) is 37.6 Å². The summed E-state index contributed by atoms with van der Waals surface area (Å²) in [6, 6.07) is 9.05. The van der Waals surface area contributed by atoms with Crippen molar-refractivity contribution in [2.24, 2.45) is 0 Å². The van der Waals surface area contributed by atoms with Crippen molar-refractivity contribution in [2.45, 2.75) is 32.4 Å². The van der Waals surface area contributed by atoms with Gasteiger partial charge in [0.25, 0.3) is 0 Å². The number of halogens is 1. The van der Waals surface area contributed by atoms with Crippen molar-refractivity contribution >= 4 is 23.4 Å². The Hall–Kier alpha value is -0.180. The molecule has 0 aliphatic carbocycles. The molecule has 0 aliphatic heterocycles. The highest BCUT2D eigenvalue weighted by molar-refractivity contribution is 7.98. The van der Waals surface area contributed by atoms with E-state index in [1.807, 2.05) is 23.9 Å². The highest BCUT2D eigenvalue weighted by Crippen LogP contribution is 2.21. The minimum Gasteiger partial charge on any atom is -0.307 e. The van der Waals surface area contributed by atoms with Crippen molar-refractivity contribution in [3.63, 3.8) is 0 Å². The summed E-state index contributed by atoms with van der Waals surface area (Å²) in [7, 11) is 0. The first kappa shape index (κ1) is 13.9. The van der Waals surface area contributed by atoms with Crippen LogP contribution in [0.25, 0.3) is 0 Å². The predicted octanol–water partition coefficient (Wildman–Crippen LogP) is 4.13. The smallest absolute Gasteiger partial charge is 0.0409 e. The van der Waals surface area contributed by atoms with Crippen LogP contribution in [0.3, 0.4) is 0 Å². The molecule has 2 unspecified atom stereocenters. The fourth-order valence-electron chi connectivity index (χ4n) is 1.81. The van der Waals surface area contributed by atoms with Crippen LogP contribution in [0.15, 0.2) is 24.3 Å². The second kappa shape index (κ2) is 7.21. The molecule has 90 valence electrons. The number of rotatable bonds is 6. The molecule has 1 aromatic carbocycles. The number of hydrogen-bond acceptors (Lipinski definition) is 2. The molecular formula is C13H20ClNS. The van der Waals surface area contributed by atoms with Crippen LogP contribution < -0.4 is 5.32 Å². The van der Waals surface area contributed by atoms with Crippen LogP contribution in [-0.2, 0) is 0 Å². The highest BCUT2D eigenvalue weighted by atomic mass is 35.5. The number of thioether (sulfide) groups is 1. The van der Waals surface area contributed by atoms with Gasteiger partial charge in [-0.3, -0.25) is 0 Å². The lowest BCUT2D eigenvalue weighted by molar-refractivity contribution is 0.470. The fourth-order valence-corrected chi connectivity index (χ4v) is 2.61. The molecular weight excluding hydrogens is 238 g/mol. The first-order valence-corrected chi connectivity index (χ1v) is 7.45. The Morgan fingerprint density at radius 2 is 2.19 bits per heavy atom. The summed E-state index contributed by atoms with van der Waals surface area (Å²) in [4.78, 5) is 0. The summed E-state index contributed by atoms with van der Waals surface area (Å²) < 4.78 is 0. The van der Waals surface area contributed by atoms with Crippen LogP contribution in [-0.4, -0.2) is 18.1 Å². The zero-order chi connectivity index (χ0) is 12.0. The van der Waals surface area contributed by atoms with Gasteiger partial charge in [-0.15, -0.1) is 0 Å². The molecule has 1 aromatic rings. The standard InChI is InChI=1S/C13H20ClNS/c1-4-13(15-10(2)9-16-3)11-6-5-7-12(14)8-11/h5-8,10,13,15H,4,9H2,1-3H3. The average Bonchev–Trinajstić information content (AvgIpc) is 2.26. The van der Waals surface area contributed by atoms with Crippen LogP contribution in [0.1, 0.15) is 31.9 Å². The van der Waals surface area contributed by atoms with Crippen molar-refractivity contribution in [3.05, 3.63) is 34.9 Å². The first-order valence-electron chi connectivity index (χ1n) is 5.67. The quantitative estimate of drug-likeness (QED) is 0.822. The van der Waals surface area contributed by atoms with Gasteiger partial charge in [-0.1, -0.05) is 30.7 Å². The summed E-state index contributed by atoms with van der Waals surface area (Å²) >= 11 is 7.88. The molecule has 0 bridgehead atoms. The number of benzene rings is 1. The lowest BCUT2D eigenvalue weighted by Gasteiger charge is -2.22. The van der Waals surface area contributed by atoms with Gasteiger partial charge in [-0.2, -0.15) is 11.8 Å². The van der Waals surface area contributed by atoms with E-state index in [0.717, 1.165) is 17.2 Å². The number of nitrogens with one attached hydrogen (secondary N) is 1. The maximum Gasteiger partial charge on any atom is 0.0409 e. The maximum atomic E-state index is 6.01. The van der Waals surface area contributed by atoms with E-state index >= 15 is 0 Å². The van der Waals surface area contributed by atoms with Gasteiger partial charge in [-0.05, 0) is 37.3 Å². The van der Waals surface area contributed by atoms with Crippen molar-refractivity contribution in [3.8, 4) is 0 Å². The Morgan fingerprint density at radius 1 is 1.44 bits per heavy atom. The molecule has 0 aromatic heterocycles. The Morgan fingerprint density at radius 3 is 2.75 bits per heavy atom. The van der Waals surface area contributed by atoms with E-state index in [1.54, 1.807) is 0 Å². The van der Waals surface area contributed by atoms with Crippen molar-refractivity contribution in [2.75, 3.05) is 12.0 Å². The lowest BCUT2D eigenvalue weighted by atomic mass is 10.0.